The van der Waals surface area contributed by atoms with Gasteiger partial charge in [0, 0.05) is 6.42 Å². The van der Waals surface area contributed by atoms with Gasteiger partial charge in [-0.05, 0) is 18.6 Å². The standard InChI is InChI=1S/C27H45N3O/c1-2-3-4-5-6-7-8-9-10-11-12-13-14-15-16-17-18-19-24-27(31)30-26-23-21-20-22-25(26)28-29-30/h20-23H,2-19,24H2,1H3. The Kier molecular flexibility index (Phi) is 13.9. The number of carbonyl (C=O) groups excluding carboxylic acids is 1. The Balaban J connectivity index is 1.33. The number of para-hydroxylation sites is 1. The van der Waals surface area contributed by atoms with Crippen LogP contribution in [0.3, 0.4) is 0 Å². The smallest absolute Gasteiger partial charge is 0.248 e. The van der Waals surface area contributed by atoms with E-state index in [0.29, 0.717) is 6.42 Å². The van der Waals surface area contributed by atoms with Gasteiger partial charge in [-0.15, -0.1) is 5.10 Å². The van der Waals surface area contributed by atoms with E-state index in [2.05, 4.69) is 17.2 Å². The summed E-state index contributed by atoms with van der Waals surface area (Å²) in [4.78, 5) is 12.4. The van der Waals surface area contributed by atoms with Gasteiger partial charge in [0.2, 0.25) is 5.91 Å². The lowest BCUT2D eigenvalue weighted by molar-refractivity contribution is 0.0886. The molecular weight excluding hydrogens is 382 g/mol. The van der Waals surface area contributed by atoms with Crippen molar-refractivity contribution in [2.24, 2.45) is 0 Å². The van der Waals surface area contributed by atoms with E-state index in [4.69, 9.17) is 0 Å². The van der Waals surface area contributed by atoms with Gasteiger partial charge in [0.05, 0.1) is 5.52 Å². The minimum absolute atomic E-state index is 0.0604. The molecular formula is C27H45N3O. The maximum absolute atomic E-state index is 12.4. The molecule has 0 N–H and O–H groups in total. The second-order valence-electron chi connectivity index (χ2n) is 9.14. The summed E-state index contributed by atoms with van der Waals surface area (Å²) < 4.78 is 1.46. The molecule has 4 nitrogen and oxygen atoms in total. The number of benzene rings is 1. The van der Waals surface area contributed by atoms with Crippen LogP contribution in [-0.4, -0.2) is 20.9 Å². The highest BCUT2D eigenvalue weighted by Crippen LogP contribution is 2.15. The molecule has 0 aliphatic carbocycles. The predicted octanol–water partition coefficient (Wildman–Crippen LogP) is 8.50. The zero-order valence-corrected chi connectivity index (χ0v) is 20.0. The molecule has 0 atom stereocenters. The molecule has 0 saturated carbocycles. The Morgan fingerprint density at radius 2 is 1.13 bits per heavy atom. The summed E-state index contributed by atoms with van der Waals surface area (Å²) in [7, 11) is 0. The van der Waals surface area contributed by atoms with E-state index < -0.39 is 0 Å². The number of hydrogen-bond donors (Lipinski definition) is 0. The zero-order chi connectivity index (χ0) is 22.0. The van der Waals surface area contributed by atoms with Crippen LogP contribution in [0.2, 0.25) is 0 Å². The van der Waals surface area contributed by atoms with Crippen LogP contribution < -0.4 is 0 Å². The fraction of sp³-hybridized carbons (Fsp3) is 0.741. The van der Waals surface area contributed by atoms with Crippen molar-refractivity contribution in [2.75, 3.05) is 0 Å². The molecule has 1 aromatic heterocycles. The summed E-state index contributed by atoms with van der Waals surface area (Å²) in [5.41, 5.74) is 1.60. The number of hydrogen-bond acceptors (Lipinski definition) is 3. The maximum Gasteiger partial charge on any atom is 0.248 e. The van der Waals surface area contributed by atoms with E-state index in [0.717, 1.165) is 23.9 Å². The zero-order valence-electron chi connectivity index (χ0n) is 20.0. The van der Waals surface area contributed by atoms with Gasteiger partial charge in [-0.1, -0.05) is 133 Å². The van der Waals surface area contributed by atoms with E-state index in [-0.39, 0.29) is 5.91 Å². The third kappa shape index (κ3) is 10.9. The number of unbranched alkanes of at least 4 members (excludes halogenated alkanes) is 17. The summed E-state index contributed by atoms with van der Waals surface area (Å²) in [6.45, 7) is 2.29. The quantitative estimate of drug-likeness (QED) is 0.211. The lowest BCUT2D eigenvalue weighted by Crippen LogP contribution is -2.12. The Morgan fingerprint density at radius 3 is 1.65 bits per heavy atom. The molecule has 2 aromatic rings. The predicted molar refractivity (Wildman–Crippen MR) is 132 cm³/mol. The number of rotatable bonds is 19. The molecule has 0 spiro atoms. The molecule has 0 saturated heterocycles. The van der Waals surface area contributed by atoms with Crippen molar-refractivity contribution in [3.05, 3.63) is 24.3 Å². The van der Waals surface area contributed by atoms with Gasteiger partial charge in [-0.25, -0.2) is 0 Å². The summed E-state index contributed by atoms with van der Waals surface area (Å²) in [6.07, 6.45) is 25.0. The molecule has 0 unspecified atom stereocenters. The molecule has 1 aromatic carbocycles. The molecule has 0 aliphatic heterocycles. The van der Waals surface area contributed by atoms with Crippen molar-refractivity contribution in [1.82, 2.24) is 15.0 Å². The molecule has 2 rings (SSSR count). The number of fused-ring (bicyclic) bond motifs is 1. The highest BCUT2D eigenvalue weighted by Gasteiger charge is 2.10. The SMILES string of the molecule is CCCCCCCCCCCCCCCCCCCCC(=O)n1nnc2ccccc21. The minimum atomic E-state index is 0.0604. The summed E-state index contributed by atoms with van der Waals surface area (Å²) in [5.74, 6) is 0.0604. The van der Waals surface area contributed by atoms with Crippen LogP contribution in [0.25, 0.3) is 11.0 Å². The van der Waals surface area contributed by atoms with Crippen LogP contribution in [0.5, 0.6) is 0 Å². The van der Waals surface area contributed by atoms with Crippen LogP contribution >= 0.6 is 0 Å². The lowest BCUT2D eigenvalue weighted by Gasteiger charge is -2.04. The fourth-order valence-electron chi connectivity index (χ4n) is 4.34. The number of carbonyl (C=O) groups is 1. The largest absolute Gasteiger partial charge is 0.273 e. The van der Waals surface area contributed by atoms with Gasteiger partial charge in [-0.2, -0.15) is 4.68 Å². The van der Waals surface area contributed by atoms with Crippen molar-refractivity contribution in [3.8, 4) is 0 Å². The number of aromatic nitrogens is 3. The van der Waals surface area contributed by atoms with Crippen LogP contribution in [0.4, 0.5) is 0 Å². The topological polar surface area (TPSA) is 47.8 Å². The average Bonchev–Trinajstić information content (AvgIpc) is 3.22. The molecule has 31 heavy (non-hydrogen) atoms. The minimum Gasteiger partial charge on any atom is -0.273 e. The van der Waals surface area contributed by atoms with Crippen molar-refractivity contribution < 1.29 is 4.79 Å². The summed E-state index contributed by atoms with van der Waals surface area (Å²) in [5, 5.41) is 8.07. The van der Waals surface area contributed by atoms with Crippen molar-refractivity contribution >= 4 is 16.9 Å². The molecule has 0 radical (unpaired) electrons. The Morgan fingerprint density at radius 1 is 0.677 bits per heavy atom. The van der Waals surface area contributed by atoms with E-state index in [9.17, 15) is 4.79 Å². The Hall–Kier alpha value is -1.71. The van der Waals surface area contributed by atoms with Gasteiger partial charge >= 0.3 is 0 Å². The van der Waals surface area contributed by atoms with E-state index in [1.54, 1.807) is 0 Å². The maximum atomic E-state index is 12.4. The van der Waals surface area contributed by atoms with Crippen molar-refractivity contribution in [2.45, 2.75) is 129 Å². The highest BCUT2D eigenvalue weighted by molar-refractivity contribution is 5.88. The fourth-order valence-corrected chi connectivity index (χ4v) is 4.34. The molecule has 4 heteroatoms. The summed E-state index contributed by atoms with van der Waals surface area (Å²) in [6, 6.07) is 7.64. The third-order valence-electron chi connectivity index (χ3n) is 6.33. The lowest BCUT2D eigenvalue weighted by atomic mass is 10.0. The molecule has 0 amide bonds. The normalized spacial score (nSPS) is 11.4. The Labute approximate surface area is 190 Å². The first-order valence-corrected chi connectivity index (χ1v) is 13.2. The van der Waals surface area contributed by atoms with E-state index in [1.165, 1.54) is 107 Å². The van der Waals surface area contributed by atoms with Crippen LogP contribution in [0.15, 0.2) is 24.3 Å². The van der Waals surface area contributed by atoms with Gasteiger partial charge in [-0.3, -0.25) is 4.79 Å². The van der Waals surface area contributed by atoms with Crippen molar-refractivity contribution in [3.63, 3.8) is 0 Å². The van der Waals surface area contributed by atoms with Crippen LogP contribution in [0, 0.1) is 0 Å². The molecule has 0 aliphatic rings. The molecule has 0 fully saturated rings. The van der Waals surface area contributed by atoms with E-state index in [1.807, 2.05) is 24.3 Å². The average molecular weight is 428 g/mol. The third-order valence-corrected chi connectivity index (χ3v) is 6.33. The molecule has 0 bridgehead atoms. The molecule has 1 heterocycles. The van der Waals surface area contributed by atoms with Crippen molar-refractivity contribution in [1.29, 1.82) is 0 Å². The highest BCUT2D eigenvalue weighted by atomic mass is 16.2. The summed E-state index contributed by atoms with van der Waals surface area (Å²) >= 11 is 0. The second kappa shape index (κ2) is 16.9. The van der Waals surface area contributed by atoms with E-state index >= 15 is 0 Å². The first-order valence-electron chi connectivity index (χ1n) is 13.2. The van der Waals surface area contributed by atoms with Gasteiger partial charge in [0.15, 0.2) is 0 Å². The van der Waals surface area contributed by atoms with Crippen LogP contribution in [0.1, 0.15) is 134 Å². The van der Waals surface area contributed by atoms with Gasteiger partial charge in [0.1, 0.15) is 5.52 Å². The monoisotopic (exact) mass is 427 g/mol. The first-order chi connectivity index (χ1) is 15.3. The van der Waals surface area contributed by atoms with Gasteiger partial charge < -0.3 is 0 Å². The molecule has 174 valence electrons. The Bertz CT molecular complexity index is 709. The first kappa shape index (κ1) is 25.5. The van der Waals surface area contributed by atoms with Crippen LogP contribution in [-0.2, 0) is 0 Å². The number of nitrogens with zero attached hydrogens (tertiary/aromatic N) is 3. The van der Waals surface area contributed by atoms with Gasteiger partial charge in [0.25, 0.3) is 0 Å². The second-order valence-corrected chi connectivity index (χ2v) is 9.14.